The van der Waals surface area contributed by atoms with Crippen molar-refractivity contribution in [2.45, 2.75) is 13.5 Å². The van der Waals surface area contributed by atoms with Crippen LogP contribution in [0.25, 0.3) is 11.0 Å². The lowest BCUT2D eigenvalue weighted by molar-refractivity contribution is -0.135. The Balaban J connectivity index is 1.75. The van der Waals surface area contributed by atoms with E-state index in [0.29, 0.717) is 18.1 Å². The van der Waals surface area contributed by atoms with E-state index >= 15 is 0 Å². The Bertz CT molecular complexity index is 798. The highest BCUT2D eigenvalue weighted by molar-refractivity contribution is 5.78. The molecule has 1 aromatic heterocycles. The van der Waals surface area contributed by atoms with Crippen molar-refractivity contribution in [2.24, 2.45) is 0 Å². The summed E-state index contributed by atoms with van der Waals surface area (Å²) < 4.78 is 12.3. The zero-order valence-electron chi connectivity index (χ0n) is 12.1. The number of esters is 1. The molecule has 0 aliphatic heterocycles. The summed E-state index contributed by atoms with van der Waals surface area (Å²) in [5, 5.41) is 7.98. The molecule has 112 valence electrons. The second kappa shape index (κ2) is 6.26. The first-order chi connectivity index (χ1) is 10.8. The van der Waals surface area contributed by atoms with Gasteiger partial charge in [0.1, 0.15) is 12.1 Å². The van der Waals surface area contributed by atoms with Gasteiger partial charge in [-0.15, -0.1) is 5.10 Å². The monoisotopic (exact) mass is 297 g/mol. The third-order valence-corrected chi connectivity index (χ3v) is 3.07. The van der Waals surface area contributed by atoms with Gasteiger partial charge in [0.15, 0.2) is 11.5 Å². The van der Waals surface area contributed by atoms with Crippen molar-refractivity contribution in [2.75, 3.05) is 6.61 Å². The minimum atomic E-state index is -0.428. The molecule has 0 N–H and O–H groups in total. The molecule has 6 heteroatoms. The van der Waals surface area contributed by atoms with E-state index in [0.717, 1.165) is 11.0 Å². The van der Waals surface area contributed by atoms with E-state index in [4.69, 9.17) is 9.47 Å². The molecule has 0 aliphatic rings. The summed E-state index contributed by atoms with van der Waals surface area (Å²) in [7, 11) is 0. The number of rotatable bonds is 5. The Kier molecular flexibility index (Phi) is 4.00. The lowest BCUT2D eigenvalue weighted by atomic mass is 10.3. The van der Waals surface area contributed by atoms with Gasteiger partial charge in [-0.25, -0.2) is 9.48 Å². The lowest BCUT2D eigenvalue weighted by Gasteiger charge is -2.10. The number of fused-ring (bicyclic) bond motifs is 1. The van der Waals surface area contributed by atoms with Crippen LogP contribution in [0.4, 0.5) is 0 Å². The number of hydrogen-bond acceptors (Lipinski definition) is 5. The summed E-state index contributed by atoms with van der Waals surface area (Å²) in [6, 6.07) is 14.5. The standard InChI is InChI=1S/C16H15N3O3/c1-2-21-14-9-5-6-10-15(14)22-16(20)11-19-13-8-4-3-7-12(13)17-18-19/h3-10H,2,11H2,1H3. The molecule has 0 radical (unpaired) electrons. The molecule has 0 saturated heterocycles. The maximum Gasteiger partial charge on any atom is 0.333 e. The summed E-state index contributed by atoms with van der Waals surface area (Å²) in [6.07, 6.45) is 0. The Morgan fingerprint density at radius 1 is 1.09 bits per heavy atom. The molecule has 3 aromatic rings. The molecule has 6 nitrogen and oxygen atoms in total. The molecular weight excluding hydrogens is 282 g/mol. The number of carbonyl (C=O) groups is 1. The highest BCUT2D eigenvalue weighted by atomic mass is 16.6. The average Bonchev–Trinajstić information content (AvgIpc) is 2.93. The van der Waals surface area contributed by atoms with E-state index in [9.17, 15) is 4.79 Å². The van der Waals surface area contributed by atoms with Gasteiger partial charge < -0.3 is 9.47 Å². The van der Waals surface area contributed by atoms with E-state index in [2.05, 4.69) is 10.3 Å². The van der Waals surface area contributed by atoms with Crippen LogP contribution in [0.15, 0.2) is 48.5 Å². The van der Waals surface area contributed by atoms with Crippen LogP contribution in [0.3, 0.4) is 0 Å². The third kappa shape index (κ3) is 2.90. The molecule has 1 heterocycles. The maximum absolute atomic E-state index is 12.1. The molecule has 3 rings (SSSR count). The fraction of sp³-hybridized carbons (Fsp3) is 0.188. The predicted molar refractivity (Wildman–Crippen MR) is 80.8 cm³/mol. The van der Waals surface area contributed by atoms with Crippen LogP contribution in [-0.4, -0.2) is 27.6 Å². The van der Waals surface area contributed by atoms with Crippen LogP contribution in [-0.2, 0) is 11.3 Å². The van der Waals surface area contributed by atoms with E-state index < -0.39 is 5.97 Å². The van der Waals surface area contributed by atoms with Crippen molar-refractivity contribution >= 4 is 17.0 Å². The molecule has 0 unspecified atom stereocenters. The van der Waals surface area contributed by atoms with Gasteiger partial charge in [0.05, 0.1) is 12.1 Å². The summed E-state index contributed by atoms with van der Waals surface area (Å²) in [4.78, 5) is 12.1. The predicted octanol–water partition coefficient (Wildman–Crippen LogP) is 2.44. The number of benzene rings is 2. The van der Waals surface area contributed by atoms with E-state index in [-0.39, 0.29) is 6.54 Å². The second-order valence-electron chi connectivity index (χ2n) is 4.59. The Morgan fingerprint density at radius 2 is 1.82 bits per heavy atom. The first kappa shape index (κ1) is 14.1. The van der Waals surface area contributed by atoms with Gasteiger partial charge in [0, 0.05) is 0 Å². The van der Waals surface area contributed by atoms with E-state index in [1.807, 2.05) is 37.3 Å². The number of carbonyl (C=O) groups excluding carboxylic acids is 1. The largest absolute Gasteiger partial charge is 0.490 e. The highest BCUT2D eigenvalue weighted by Crippen LogP contribution is 2.26. The SMILES string of the molecule is CCOc1ccccc1OC(=O)Cn1nnc2ccccc21. The lowest BCUT2D eigenvalue weighted by Crippen LogP contribution is -2.17. The fourth-order valence-electron chi connectivity index (χ4n) is 2.12. The normalized spacial score (nSPS) is 10.6. The van der Waals surface area contributed by atoms with Gasteiger partial charge in [-0.05, 0) is 31.2 Å². The Morgan fingerprint density at radius 3 is 2.64 bits per heavy atom. The zero-order valence-corrected chi connectivity index (χ0v) is 12.1. The Labute approximate surface area is 127 Å². The van der Waals surface area contributed by atoms with Gasteiger partial charge in [-0.3, -0.25) is 0 Å². The summed E-state index contributed by atoms with van der Waals surface area (Å²) in [5.74, 6) is 0.517. The number of para-hydroxylation sites is 3. The maximum atomic E-state index is 12.1. The van der Waals surface area contributed by atoms with Crippen LogP contribution >= 0.6 is 0 Å². The molecule has 0 bridgehead atoms. The first-order valence-corrected chi connectivity index (χ1v) is 6.98. The van der Waals surface area contributed by atoms with Crippen LogP contribution < -0.4 is 9.47 Å². The molecule has 0 saturated carbocycles. The number of aromatic nitrogens is 3. The highest BCUT2D eigenvalue weighted by Gasteiger charge is 2.13. The van der Waals surface area contributed by atoms with Gasteiger partial charge >= 0.3 is 5.97 Å². The number of ether oxygens (including phenoxy) is 2. The minimum Gasteiger partial charge on any atom is -0.490 e. The second-order valence-corrected chi connectivity index (χ2v) is 4.59. The third-order valence-electron chi connectivity index (χ3n) is 3.07. The van der Waals surface area contributed by atoms with Crippen molar-refractivity contribution in [3.8, 4) is 11.5 Å². The van der Waals surface area contributed by atoms with Crippen molar-refractivity contribution < 1.29 is 14.3 Å². The van der Waals surface area contributed by atoms with Crippen molar-refractivity contribution in [1.82, 2.24) is 15.0 Å². The summed E-state index contributed by atoms with van der Waals surface area (Å²) in [5.41, 5.74) is 1.53. The minimum absolute atomic E-state index is 0.0129. The molecule has 0 fully saturated rings. The van der Waals surface area contributed by atoms with Crippen LogP contribution in [0, 0.1) is 0 Å². The smallest absolute Gasteiger partial charge is 0.333 e. The molecule has 22 heavy (non-hydrogen) atoms. The van der Waals surface area contributed by atoms with E-state index in [1.54, 1.807) is 18.2 Å². The zero-order chi connectivity index (χ0) is 15.4. The number of nitrogens with zero attached hydrogens (tertiary/aromatic N) is 3. The summed E-state index contributed by atoms with van der Waals surface area (Å²) >= 11 is 0. The van der Waals surface area contributed by atoms with Crippen molar-refractivity contribution in [3.63, 3.8) is 0 Å². The van der Waals surface area contributed by atoms with Gasteiger partial charge in [-0.1, -0.05) is 29.5 Å². The first-order valence-electron chi connectivity index (χ1n) is 6.98. The molecule has 2 aromatic carbocycles. The summed E-state index contributed by atoms with van der Waals surface area (Å²) in [6.45, 7) is 2.36. The fourth-order valence-corrected chi connectivity index (χ4v) is 2.12. The van der Waals surface area contributed by atoms with Crippen molar-refractivity contribution in [1.29, 1.82) is 0 Å². The van der Waals surface area contributed by atoms with Crippen molar-refractivity contribution in [3.05, 3.63) is 48.5 Å². The molecular formula is C16H15N3O3. The number of hydrogen-bond donors (Lipinski definition) is 0. The molecule has 0 aliphatic carbocycles. The van der Waals surface area contributed by atoms with Crippen LogP contribution in [0.1, 0.15) is 6.92 Å². The molecule has 0 amide bonds. The molecule has 0 spiro atoms. The van der Waals surface area contributed by atoms with Gasteiger partial charge in [0.25, 0.3) is 0 Å². The van der Waals surface area contributed by atoms with Gasteiger partial charge in [-0.2, -0.15) is 0 Å². The van der Waals surface area contributed by atoms with Crippen LogP contribution in [0.2, 0.25) is 0 Å². The Hall–Kier alpha value is -2.89. The molecule has 0 atom stereocenters. The topological polar surface area (TPSA) is 66.2 Å². The quantitative estimate of drug-likeness (QED) is 0.534. The van der Waals surface area contributed by atoms with E-state index in [1.165, 1.54) is 4.68 Å². The van der Waals surface area contributed by atoms with Crippen LogP contribution in [0.5, 0.6) is 11.5 Å². The van der Waals surface area contributed by atoms with Gasteiger partial charge in [0.2, 0.25) is 0 Å². The average molecular weight is 297 g/mol.